The smallest absolute Gasteiger partial charge is 0.0705 e. The summed E-state index contributed by atoms with van der Waals surface area (Å²) in [5.41, 5.74) is 4.92. The van der Waals surface area contributed by atoms with Crippen LogP contribution >= 0.6 is 0 Å². The highest BCUT2D eigenvalue weighted by Crippen LogP contribution is 2.22. The van der Waals surface area contributed by atoms with Crippen LogP contribution in [0.15, 0.2) is 60.7 Å². The zero-order valence-electron chi connectivity index (χ0n) is 15.0. The average molecular weight is 331 g/mol. The van der Waals surface area contributed by atoms with Crippen molar-refractivity contribution in [2.24, 2.45) is 0 Å². The van der Waals surface area contributed by atoms with Crippen molar-refractivity contribution >= 4 is 16.6 Å². The summed E-state index contributed by atoms with van der Waals surface area (Å²) in [5, 5.41) is 1.21. The Kier molecular flexibility index (Phi) is 4.41. The van der Waals surface area contributed by atoms with Crippen LogP contribution in [0.1, 0.15) is 18.2 Å². The number of benzene rings is 2. The standard InChI is InChI=1S/C22H25N3/c1-17-6-5-8-21(14-17)25-13-12-24(15-18(25)2)16-20-11-10-19-7-3-4-9-22(19)23-20/h3-11,14,18H,12-13,15-16H2,1-2H3. The molecule has 0 amide bonds. The number of aromatic nitrogens is 1. The van der Waals surface area contributed by atoms with Crippen molar-refractivity contribution in [1.29, 1.82) is 0 Å². The largest absolute Gasteiger partial charge is 0.366 e. The van der Waals surface area contributed by atoms with Gasteiger partial charge in [-0.3, -0.25) is 9.88 Å². The lowest BCUT2D eigenvalue weighted by molar-refractivity contribution is 0.219. The van der Waals surface area contributed by atoms with Crippen LogP contribution in [-0.2, 0) is 6.54 Å². The molecule has 1 fully saturated rings. The summed E-state index contributed by atoms with van der Waals surface area (Å²) in [6.45, 7) is 8.63. The number of anilines is 1. The quantitative estimate of drug-likeness (QED) is 0.715. The van der Waals surface area contributed by atoms with Crippen LogP contribution in [0.2, 0.25) is 0 Å². The summed E-state index contributed by atoms with van der Waals surface area (Å²) in [6.07, 6.45) is 0. The molecular formula is C22H25N3. The van der Waals surface area contributed by atoms with E-state index >= 15 is 0 Å². The van der Waals surface area contributed by atoms with Crippen molar-refractivity contribution < 1.29 is 0 Å². The van der Waals surface area contributed by atoms with E-state index in [2.05, 4.69) is 84.3 Å². The zero-order chi connectivity index (χ0) is 17.2. The number of fused-ring (bicyclic) bond motifs is 1. The maximum absolute atomic E-state index is 4.83. The highest BCUT2D eigenvalue weighted by Gasteiger charge is 2.24. The molecule has 1 unspecified atom stereocenters. The van der Waals surface area contributed by atoms with E-state index in [4.69, 9.17) is 4.98 Å². The van der Waals surface area contributed by atoms with E-state index in [1.165, 1.54) is 16.6 Å². The summed E-state index contributed by atoms with van der Waals surface area (Å²) < 4.78 is 0. The Balaban J connectivity index is 1.45. The number of piperazine rings is 1. The minimum Gasteiger partial charge on any atom is -0.366 e. The van der Waals surface area contributed by atoms with E-state index in [0.29, 0.717) is 6.04 Å². The molecule has 3 nitrogen and oxygen atoms in total. The Labute approximate surface area is 149 Å². The molecule has 1 aromatic heterocycles. The van der Waals surface area contributed by atoms with Gasteiger partial charge in [-0.2, -0.15) is 0 Å². The molecule has 1 saturated heterocycles. The summed E-state index contributed by atoms with van der Waals surface area (Å²) in [7, 11) is 0. The molecule has 3 heteroatoms. The lowest BCUT2D eigenvalue weighted by Gasteiger charge is -2.41. The van der Waals surface area contributed by atoms with Crippen LogP contribution in [-0.4, -0.2) is 35.6 Å². The van der Waals surface area contributed by atoms with Gasteiger partial charge in [0, 0.05) is 43.3 Å². The van der Waals surface area contributed by atoms with Gasteiger partial charge < -0.3 is 4.90 Å². The van der Waals surface area contributed by atoms with Crippen LogP contribution in [0.25, 0.3) is 10.9 Å². The number of rotatable bonds is 3. The first-order chi connectivity index (χ1) is 12.2. The molecule has 1 atom stereocenters. The second kappa shape index (κ2) is 6.85. The van der Waals surface area contributed by atoms with E-state index in [9.17, 15) is 0 Å². The number of para-hydroxylation sites is 1. The number of hydrogen-bond acceptors (Lipinski definition) is 3. The third-order valence-electron chi connectivity index (χ3n) is 5.09. The van der Waals surface area contributed by atoms with Crippen LogP contribution in [0, 0.1) is 6.92 Å². The van der Waals surface area contributed by atoms with Crippen molar-refractivity contribution in [1.82, 2.24) is 9.88 Å². The highest BCUT2D eigenvalue weighted by molar-refractivity contribution is 5.78. The summed E-state index contributed by atoms with van der Waals surface area (Å²) in [5.74, 6) is 0. The first kappa shape index (κ1) is 16.1. The Hall–Kier alpha value is -2.39. The predicted molar refractivity (Wildman–Crippen MR) is 105 cm³/mol. The van der Waals surface area contributed by atoms with Crippen LogP contribution < -0.4 is 4.90 Å². The van der Waals surface area contributed by atoms with Gasteiger partial charge in [0.2, 0.25) is 0 Å². The Bertz CT molecular complexity index is 874. The second-order valence-corrected chi connectivity index (χ2v) is 7.11. The van der Waals surface area contributed by atoms with Crippen molar-refractivity contribution in [3.8, 4) is 0 Å². The third-order valence-corrected chi connectivity index (χ3v) is 5.09. The number of pyridine rings is 1. The van der Waals surface area contributed by atoms with Crippen LogP contribution in [0.3, 0.4) is 0 Å². The van der Waals surface area contributed by atoms with Crippen molar-refractivity contribution in [3.63, 3.8) is 0 Å². The molecule has 1 aliphatic heterocycles. The average Bonchev–Trinajstić information content (AvgIpc) is 2.62. The van der Waals surface area contributed by atoms with Crippen molar-refractivity contribution in [3.05, 3.63) is 71.9 Å². The molecule has 3 aromatic rings. The van der Waals surface area contributed by atoms with Gasteiger partial charge in [0.15, 0.2) is 0 Å². The van der Waals surface area contributed by atoms with Gasteiger partial charge in [0.25, 0.3) is 0 Å². The van der Waals surface area contributed by atoms with E-state index in [1.807, 2.05) is 0 Å². The SMILES string of the molecule is Cc1cccc(N2CCN(Cc3ccc4ccccc4n3)CC2C)c1. The molecule has 25 heavy (non-hydrogen) atoms. The van der Waals surface area contributed by atoms with Gasteiger partial charge >= 0.3 is 0 Å². The molecular weight excluding hydrogens is 306 g/mol. The highest BCUT2D eigenvalue weighted by atomic mass is 15.3. The second-order valence-electron chi connectivity index (χ2n) is 7.11. The molecule has 2 aromatic carbocycles. The fourth-order valence-electron chi connectivity index (χ4n) is 3.79. The molecule has 0 saturated carbocycles. The molecule has 0 spiro atoms. The Morgan fingerprint density at radius 1 is 1.00 bits per heavy atom. The summed E-state index contributed by atoms with van der Waals surface area (Å²) in [4.78, 5) is 9.87. The molecule has 4 rings (SSSR count). The summed E-state index contributed by atoms with van der Waals surface area (Å²) >= 11 is 0. The van der Waals surface area contributed by atoms with Crippen LogP contribution in [0.5, 0.6) is 0 Å². The number of aryl methyl sites for hydroxylation is 1. The summed E-state index contributed by atoms with van der Waals surface area (Å²) in [6, 6.07) is 22.0. The molecule has 0 radical (unpaired) electrons. The molecule has 128 valence electrons. The van der Waals surface area contributed by atoms with Crippen molar-refractivity contribution in [2.45, 2.75) is 26.4 Å². The fraction of sp³-hybridized carbons (Fsp3) is 0.318. The van der Waals surface area contributed by atoms with Gasteiger partial charge in [-0.1, -0.05) is 36.4 Å². The van der Waals surface area contributed by atoms with Gasteiger partial charge in [0.05, 0.1) is 11.2 Å². The maximum atomic E-state index is 4.83. The van der Waals surface area contributed by atoms with E-state index in [0.717, 1.165) is 37.4 Å². The van der Waals surface area contributed by atoms with E-state index in [1.54, 1.807) is 0 Å². The minimum atomic E-state index is 0.510. The lowest BCUT2D eigenvalue weighted by Crippen LogP contribution is -2.51. The monoisotopic (exact) mass is 331 g/mol. The molecule has 0 N–H and O–H groups in total. The van der Waals surface area contributed by atoms with Crippen molar-refractivity contribution in [2.75, 3.05) is 24.5 Å². The van der Waals surface area contributed by atoms with Gasteiger partial charge in [-0.15, -0.1) is 0 Å². The Morgan fingerprint density at radius 2 is 1.88 bits per heavy atom. The van der Waals surface area contributed by atoms with Gasteiger partial charge in [-0.25, -0.2) is 0 Å². The Morgan fingerprint density at radius 3 is 2.72 bits per heavy atom. The van der Waals surface area contributed by atoms with E-state index < -0.39 is 0 Å². The van der Waals surface area contributed by atoms with E-state index in [-0.39, 0.29) is 0 Å². The minimum absolute atomic E-state index is 0.510. The molecule has 1 aliphatic rings. The molecule has 2 heterocycles. The topological polar surface area (TPSA) is 19.4 Å². The molecule has 0 bridgehead atoms. The number of nitrogens with zero attached hydrogens (tertiary/aromatic N) is 3. The van der Waals surface area contributed by atoms with Crippen LogP contribution in [0.4, 0.5) is 5.69 Å². The first-order valence-electron chi connectivity index (χ1n) is 9.09. The van der Waals surface area contributed by atoms with Gasteiger partial charge in [-0.05, 0) is 43.7 Å². The van der Waals surface area contributed by atoms with Gasteiger partial charge in [0.1, 0.15) is 0 Å². The first-order valence-corrected chi connectivity index (χ1v) is 9.09. The normalized spacial score (nSPS) is 18.6. The molecule has 0 aliphatic carbocycles. The maximum Gasteiger partial charge on any atom is 0.0705 e. The number of hydrogen-bond donors (Lipinski definition) is 0. The third kappa shape index (κ3) is 3.52. The zero-order valence-corrected chi connectivity index (χ0v) is 15.0. The fourth-order valence-corrected chi connectivity index (χ4v) is 3.79. The lowest BCUT2D eigenvalue weighted by atomic mass is 10.1. The predicted octanol–water partition coefficient (Wildman–Crippen LogP) is 4.25.